The van der Waals surface area contributed by atoms with E-state index in [0.717, 1.165) is 6.61 Å². The maximum atomic E-state index is 5.49. The van der Waals surface area contributed by atoms with E-state index in [-0.39, 0.29) is 0 Å². The van der Waals surface area contributed by atoms with Crippen LogP contribution in [0.4, 0.5) is 0 Å². The van der Waals surface area contributed by atoms with E-state index in [1.807, 2.05) is 37.3 Å². The summed E-state index contributed by atoms with van der Waals surface area (Å²) >= 11 is 0. The van der Waals surface area contributed by atoms with Crippen LogP contribution in [0.3, 0.4) is 0 Å². The van der Waals surface area contributed by atoms with E-state index < -0.39 is 0 Å². The van der Waals surface area contributed by atoms with Crippen molar-refractivity contribution in [1.29, 1.82) is 0 Å². The molecule has 1 aromatic rings. The number of benzene rings is 1. The molecule has 0 aliphatic rings. The molecule has 0 saturated carbocycles. The lowest BCUT2D eigenvalue weighted by atomic mass is 10.2. The molecular weight excluding hydrogens is 244 g/mol. The Labute approximate surface area is 115 Å². The van der Waals surface area contributed by atoms with Crippen LogP contribution < -0.4 is 0 Å². The number of ether oxygens (including phenoxy) is 4. The van der Waals surface area contributed by atoms with Crippen molar-refractivity contribution in [2.75, 3.05) is 46.2 Å². The Morgan fingerprint density at radius 3 is 1.79 bits per heavy atom. The Kier molecular flexibility index (Phi) is 10.3. The van der Waals surface area contributed by atoms with Gasteiger partial charge in [-0.2, -0.15) is 0 Å². The van der Waals surface area contributed by atoms with E-state index >= 15 is 0 Å². The molecule has 0 atom stereocenters. The van der Waals surface area contributed by atoms with Crippen LogP contribution in [-0.4, -0.2) is 46.2 Å². The summed E-state index contributed by atoms with van der Waals surface area (Å²) in [6.07, 6.45) is 0. The maximum absolute atomic E-state index is 5.49. The zero-order chi connectivity index (χ0) is 13.6. The summed E-state index contributed by atoms with van der Waals surface area (Å²) in [5, 5.41) is 0. The van der Waals surface area contributed by atoms with Gasteiger partial charge in [0.05, 0.1) is 46.2 Å². The average molecular weight is 268 g/mol. The SMILES string of the molecule is CCOCCOCCOCCOCc1ccccc1. The second-order valence-electron chi connectivity index (χ2n) is 3.96. The third-order valence-electron chi connectivity index (χ3n) is 2.43. The third kappa shape index (κ3) is 9.62. The predicted octanol–water partition coefficient (Wildman–Crippen LogP) is 2.27. The molecule has 1 rings (SSSR count). The van der Waals surface area contributed by atoms with E-state index in [0.29, 0.717) is 46.2 Å². The van der Waals surface area contributed by atoms with Gasteiger partial charge in [0.15, 0.2) is 0 Å². The molecule has 0 N–H and O–H groups in total. The van der Waals surface area contributed by atoms with Crippen molar-refractivity contribution in [3.05, 3.63) is 35.9 Å². The van der Waals surface area contributed by atoms with Gasteiger partial charge in [-0.25, -0.2) is 0 Å². The van der Waals surface area contributed by atoms with Gasteiger partial charge in [0.1, 0.15) is 0 Å². The molecule has 0 saturated heterocycles. The monoisotopic (exact) mass is 268 g/mol. The van der Waals surface area contributed by atoms with Gasteiger partial charge in [0, 0.05) is 6.61 Å². The van der Waals surface area contributed by atoms with Crippen LogP contribution in [0.15, 0.2) is 30.3 Å². The van der Waals surface area contributed by atoms with Gasteiger partial charge in [-0.1, -0.05) is 30.3 Å². The summed E-state index contributed by atoms with van der Waals surface area (Å²) in [5.41, 5.74) is 1.18. The molecule has 0 aromatic heterocycles. The topological polar surface area (TPSA) is 36.9 Å². The van der Waals surface area contributed by atoms with Crippen LogP contribution in [0.1, 0.15) is 12.5 Å². The normalized spacial score (nSPS) is 10.8. The fraction of sp³-hybridized carbons (Fsp3) is 0.600. The van der Waals surface area contributed by atoms with E-state index in [1.165, 1.54) is 5.56 Å². The zero-order valence-electron chi connectivity index (χ0n) is 11.7. The number of hydrogen-bond donors (Lipinski definition) is 0. The molecule has 0 fully saturated rings. The lowest BCUT2D eigenvalue weighted by molar-refractivity contribution is -0.00288. The Morgan fingerprint density at radius 2 is 1.21 bits per heavy atom. The summed E-state index contributed by atoms with van der Waals surface area (Å²) in [6.45, 7) is 7.02. The molecule has 4 nitrogen and oxygen atoms in total. The summed E-state index contributed by atoms with van der Waals surface area (Å²) < 4.78 is 21.4. The molecule has 0 spiro atoms. The van der Waals surface area contributed by atoms with E-state index in [2.05, 4.69) is 0 Å². The highest BCUT2D eigenvalue weighted by Crippen LogP contribution is 1.99. The van der Waals surface area contributed by atoms with Crippen molar-refractivity contribution < 1.29 is 18.9 Å². The highest BCUT2D eigenvalue weighted by molar-refractivity contribution is 5.13. The van der Waals surface area contributed by atoms with Gasteiger partial charge in [-0.05, 0) is 12.5 Å². The molecule has 1 aromatic carbocycles. The molecule has 4 heteroatoms. The van der Waals surface area contributed by atoms with Gasteiger partial charge < -0.3 is 18.9 Å². The second kappa shape index (κ2) is 12.1. The minimum atomic E-state index is 0.598. The highest BCUT2D eigenvalue weighted by atomic mass is 16.6. The minimum Gasteiger partial charge on any atom is -0.379 e. The molecule has 0 aliphatic carbocycles. The van der Waals surface area contributed by atoms with Crippen molar-refractivity contribution >= 4 is 0 Å². The number of rotatable bonds is 12. The second-order valence-corrected chi connectivity index (χ2v) is 3.96. The Bertz CT molecular complexity index is 289. The first kappa shape index (κ1) is 16.1. The molecule has 0 aliphatic heterocycles. The van der Waals surface area contributed by atoms with Gasteiger partial charge in [-0.15, -0.1) is 0 Å². The maximum Gasteiger partial charge on any atom is 0.0718 e. The summed E-state index contributed by atoms with van der Waals surface area (Å²) in [5.74, 6) is 0. The molecule has 0 bridgehead atoms. The Balaban J connectivity index is 1.79. The quantitative estimate of drug-likeness (QED) is 0.545. The molecule has 0 amide bonds. The smallest absolute Gasteiger partial charge is 0.0718 e. The van der Waals surface area contributed by atoms with Crippen molar-refractivity contribution in [1.82, 2.24) is 0 Å². The lowest BCUT2D eigenvalue weighted by Gasteiger charge is -2.07. The van der Waals surface area contributed by atoms with Gasteiger partial charge in [0.2, 0.25) is 0 Å². The van der Waals surface area contributed by atoms with Crippen molar-refractivity contribution in [2.45, 2.75) is 13.5 Å². The fourth-order valence-corrected chi connectivity index (χ4v) is 1.47. The van der Waals surface area contributed by atoms with E-state index in [1.54, 1.807) is 0 Å². The van der Waals surface area contributed by atoms with E-state index in [4.69, 9.17) is 18.9 Å². The predicted molar refractivity (Wildman–Crippen MR) is 74.2 cm³/mol. The molecular formula is C15H24O4. The Morgan fingerprint density at radius 1 is 0.684 bits per heavy atom. The fourth-order valence-electron chi connectivity index (χ4n) is 1.47. The van der Waals surface area contributed by atoms with Crippen LogP contribution in [-0.2, 0) is 25.6 Å². The van der Waals surface area contributed by atoms with Crippen LogP contribution >= 0.6 is 0 Å². The van der Waals surface area contributed by atoms with Crippen molar-refractivity contribution in [2.24, 2.45) is 0 Å². The van der Waals surface area contributed by atoms with Crippen LogP contribution in [0.2, 0.25) is 0 Å². The van der Waals surface area contributed by atoms with Crippen LogP contribution in [0.25, 0.3) is 0 Å². The van der Waals surface area contributed by atoms with Crippen molar-refractivity contribution in [3.8, 4) is 0 Å². The van der Waals surface area contributed by atoms with Gasteiger partial charge in [0.25, 0.3) is 0 Å². The first-order valence-corrected chi connectivity index (χ1v) is 6.78. The number of hydrogen-bond acceptors (Lipinski definition) is 4. The van der Waals surface area contributed by atoms with Gasteiger partial charge >= 0.3 is 0 Å². The molecule has 0 heterocycles. The molecule has 0 radical (unpaired) electrons. The van der Waals surface area contributed by atoms with Gasteiger partial charge in [-0.3, -0.25) is 0 Å². The summed E-state index contributed by atoms with van der Waals surface area (Å²) in [7, 11) is 0. The molecule has 19 heavy (non-hydrogen) atoms. The molecule has 108 valence electrons. The first-order chi connectivity index (χ1) is 9.43. The van der Waals surface area contributed by atoms with Crippen LogP contribution in [0.5, 0.6) is 0 Å². The van der Waals surface area contributed by atoms with E-state index in [9.17, 15) is 0 Å². The van der Waals surface area contributed by atoms with Crippen LogP contribution in [0, 0.1) is 0 Å². The lowest BCUT2D eigenvalue weighted by Crippen LogP contribution is -2.11. The summed E-state index contributed by atoms with van der Waals surface area (Å²) in [4.78, 5) is 0. The average Bonchev–Trinajstić information content (AvgIpc) is 2.46. The summed E-state index contributed by atoms with van der Waals surface area (Å²) in [6, 6.07) is 10.1. The Hall–Kier alpha value is -0.940. The zero-order valence-corrected chi connectivity index (χ0v) is 11.7. The highest BCUT2D eigenvalue weighted by Gasteiger charge is 1.93. The van der Waals surface area contributed by atoms with Crippen molar-refractivity contribution in [3.63, 3.8) is 0 Å². The largest absolute Gasteiger partial charge is 0.379 e. The minimum absolute atomic E-state index is 0.598. The third-order valence-corrected chi connectivity index (χ3v) is 2.43. The standard InChI is InChI=1S/C15H24O4/c1-2-16-8-9-17-10-11-18-12-13-19-14-15-6-4-3-5-7-15/h3-7H,2,8-14H2,1H3. The first-order valence-electron chi connectivity index (χ1n) is 6.78. The molecule has 0 unspecified atom stereocenters.